The van der Waals surface area contributed by atoms with Gasteiger partial charge in [-0.25, -0.2) is 0 Å². The summed E-state index contributed by atoms with van der Waals surface area (Å²) in [5, 5.41) is 0. The molecule has 0 aromatic carbocycles. The van der Waals surface area contributed by atoms with E-state index in [0.717, 1.165) is 6.54 Å². The fourth-order valence-electron chi connectivity index (χ4n) is 1.70. The first kappa shape index (κ1) is 17.4. The second-order valence-corrected chi connectivity index (χ2v) is 7.08. The monoisotopic (exact) mass is 258 g/mol. The molecule has 4 heteroatoms. The maximum Gasteiger partial charge on any atom is 0.309 e. The maximum absolute atomic E-state index is 12.2. The molecule has 2 N–H and O–H groups in total. The smallest absolute Gasteiger partial charge is 0.309 e. The van der Waals surface area contributed by atoms with Gasteiger partial charge in [-0.15, -0.1) is 0 Å². The Morgan fingerprint density at radius 3 is 2.06 bits per heavy atom. The van der Waals surface area contributed by atoms with Gasteiger partial charge in [0.05, 0.1) is 5.92 Å². The minimum atomic E-state index is -0.363. The van der Waals surface area contributed by atoms with Gasteiger partial charge in [-0.05, 0) is 39.8 Å². The van der Waals surface area contributed by atoms with Crippen LogP contribution in [0.15, 0.2) is 0 Å². The molecule has 0 aromatic heterocycles. The van der Waals surface area contributed by atoms with E-state index < -0.39 is 0 Å². The Morgan fingerprint density at radius 2 is 1.72 bits per heavy atom. The Balaban J connectivity index is 4.53. The molecule has 0 aliphatic heterocycles. The van der Waals surface area contributed by atoms with Crippen LogP contribution < -0.4 is 5.73 Å². The molecule has 0 radical (unpaired) electrons. The molecule has 1 unspecified atom stereocenters. The molecule has 18 heavy (non-hydrogen) atoms. The summed E-state index contributed by atoms with van der Waals surface area (Å²) in [6.07, 6.45) is 0.636. The molecule has 0 fully saturated rings. The second kappa shape index (κ2) is 6.53. The molecule has 108 valence electrons. The third-order valence-corrected chi connectivity index (χ3v) is 2.84. The molecule has 0 rings (SSSR count). The summed E-state index contributed by atoms with van der Waals surface area (Å²) in [7, 11) is 3.91. The molecule has 0 bridgehead atoms. The Bertz CT molecular complexity index is 262. The van der Waals surface area contributed by atoms with E-state index in [1.165, 1.54) is 0 Å². The lowest BCUT2D eigenvalue weighted by Crippen LogP contribution is -2.42. The van der Waals surface area contributed by atoms with Gasteiger partial charge in [0, 0.05) is 12.1 Å². The summed E-state index contributed by atoms with van der Waals surface area (Å²) in [5.41, 5.74) is 5.54. The van der Waals surface area contributed by atoms with E-state index >= 15 is 0 Å². The van der Waals surface area contributed by atoms with Crippen LogP contribution in [-0.2, 0) is 9.53 Å². The molecule has 0 aromatic rings. The van der Waals surface area contributed by atoms with Crippen molar-refractivity contribution in [2.45, 2.75) is 46.6 Å². The summed E-state index contributed by atoms with van der Waals surface area (Å²) in [6.45, 7) is 11.2. The fourth-order valence-corrected chi connectivity index (χ4v) is 1.70. The van der Waals surface area contributed by atoms with E-state index in [1.54, 1.807) is 0 Å². The van der Waals surface area contributed by atoms with Gasteiger partial charge in [-0.3, -0.25) is 4.79 Å². The van der Waals surface area contributed by atoms with Crippen LogP contribution in [0.2, 0.25) is 0 Å². The normalized spacial score (nSPS) is 14.7. The van der Waals surface area contributed by atoms with E-state index in [0.29, 0.717) is 13.0 Å². The van der Waals surface area contributed by atoms with E-state index in [1.807, 2.05) is 32.8 Å². The number of nitrogens with zero attached hydrogens (tertiary/aromatic N) is 1. The van der Waals surface area contributed by atoms with Crippen LogP contribution >= 0.6 is 0 Å². The van der Waals surface area contributed by atoms with Crippen molar-refractivity contribution in [3.05, 3.63) is 0 Å². The molecular formula is C14H30N2O2. The fraction of sp³-hybridized carbons (Fsp3) is 0.929. The van der Waals surface area contributed by atoms with Crippen LogP contribution in [0.4, 0.5) is 0 Å². The summed E-state index contributed by atoms with van der Waals surface area (Å²) in [5.74, 6) is -0.303. The topological polar surface area (TPSA) is 55.6 Å². The van der Waals surface area contributed by atoms with Crippen molar-refractivity contribution in [1.82, 2.24) is 4.90 Å². The Hall–Kier alpha value is -0.610. The third kappa shape index (κ3) is 7.67. The van der Waals surface area contributed by atoms with Gasteiger partial charge in [0.2, 0.25) is 0 Å². The van der Waals surface area contributed by atoms with Gasteiger partial charge >= 0.3 is 5.97 Å². The van der Waals surface area contributed by atoms with E-state index in [2.05, 4.69) is 20.8 Å². The first-order valence-corrected chi connectivity index (χ1v) is 6.54. The number of likely N-dealkylation sites (N-methyl/N-ethyl adjacent to an activating group) is 1. The zero-order valence-corrected chi connectivity index (χ0v) is 13.0. The first-order chi connectivity index (χ1) is 7.93. The predicted molar refractivity (Wildman–Crippen MR) is 75.3 cm³/mol. The van der Waals surface area contributed by atoms with Gasteiger partial charge in [-0.1, -0.05) is 20.8 Å². The van der Waals surface area contributed by atoms with E-state index in [-0.39, 0.29) is 22.8 Å². The summed E-state index contributed by atoms with van der Waals surface area (Å²) < 4.78 is 5.35. The molecule has 0 aliphatic carbocycles. The molecular weight excluding hydrogens is 228 g/mol. The number of carbonyl (C=O) groups excluding carboxylic acids is 1. The number of rotatable bonds is 6. The van der Waals surface area contributed by atoms with Crippen molar-refractivity contribution in [2.24, 2.45) is 17.1 Å². The van der Waals surface area contributed by atoms with Gasteiger partial charge < -0.3 is 15.4 Å². The predicted octanol–water partition coefficient (Wildman–Crippen LogP) is 1.88. The number of esters is 1. The molecule has 1 atom stereocenters. The van der Waals surface area contributed by atoms with Crippen molar-refractivity contribution in [3.63, 3.8) is 0 Å². The van der Waals surface area contributed by atoms with E-state index in [4.69, 9.17) is 10.5 Å². The SMILES string of the molecule is CN(C)CCOC(=O)C(CC(C)(C)N)C(C)(C)C. The third-order valence-electron chi connectivity index (χ3n) is 2.84. The number of hydrogen-bond donors (Lipinski definition) is 1. The molecule has 0 spiro atoms. The van der Waals surface area contributed by atoms with Crippen molar-refractivity contribution < 1.29 is 9.53 Å². The summed E-state index contributed by atoms with van der Waals surface area (Å²) >= 11 is 0. The van der Waals surface area contributed by atoms with Crippen molar-refractivity contribution >= 4 is 5.97 Å². The molecule has 0 saturated carbocycles. The van der Waals surface area contributed by atoms with Gasteiger partial charge in [0.25, 0.3) is 0 Å². The average molecular weight is 258 g/mol. The highest BCUT2D eigenvalue weighted by Gasteiger charge is 2.35. The Kier molecular flexibility index (Phi) is 6.30. The summed E-state index contributed by atoms with van der Waals surface area (Å²) in [4.78, 5) is 14.1. The number of hydrogen-bond acceptors (Lipinski definition) is 4. The molecule has 0 saturated heterocycles. The minimum absolute atomic E-state index is 0.133. The van der Waals surface area contributed by atoms with Crippen LogP contribution in [-0.4, -0.2) is 43.7 Å². The Labute approximate surface area is 112 Å². The largest absolute Gasteiger partial charge is 0.464 e. The maximum atomic E-state index is 12.2. The van der Waals surface area contributed by atoms with Crippen LogP contribution in [0.25, 0.3) is 0 Å². The molecule has 0 aliphatic rings. The summed E-state index contributed by atoms with van der Waals surface area (Å²) in [6, 6.07) is 0. The molecule has 0 heterocycles. The standard InChI is InChI=1S/C14H30N2O2/c1-13(2,3)11(10-14(4,5)15)12(17)18-9-8-16(6)7/h11H,8-10,15H2,1-7H3. The quantitative estimate of drug-likeness (QED) is 0.739. The zero-order valence-electron chi connectivity index (χ0n) is 13.0. The number of ether oxygens (including phenoxy) is 1. The number of carbonyl (C=O) groups is 1. The van der Waals surface area contributed by atoms with Crippen LogP contribution in [0.5, 0.6) is 0 Å². The van der Waals surface area contributed by atoms with Crippen LogP contribution in [0, 0.1) is 11.3 Å². The van der Waals surface area contributed by atoms with Gasteiger partial charge in [0.15, 0.2) is 0 Å². The van der Waals surface area contributed by atoms with Gasteiger partial charge in [0.1, 0.15) is 6.61 Å². The lowest BCUT2D eigenvalue weighted by atomic mass is 9.74. The van der Waals surface area contributed by atoms with Crippen molar-refractivity contribution in [2.75, 3.05) is 27.2 Å². The van der Waals surface area contributed by atoms with Crippen LogP contribution in [0.1, 0.15) is 41.0 Å². The highest BCUT2D eigenvalue weighted by atomic mass is 16.5. The lowest BCUT2D eigenvalue weighted by molar-refractivity contribution is -0.153. The van der Waals surface area contributed by atoms with Gasteiger partial charge in [-0.2, -0.15) is 0 Å². The average Bonchev–Trinajstić information content (AvgIpc) is 2.10. The zero-order chi connectivity index (χ0) is 14.6. The highest BCUT2D eigenvalue weighted by molar-refractivity contribution is 5.73. The van der Waals surface area contributed by atoms with E-state index in [9.17, 15) is 4.79 Å². The van der Waals surface area contributed by atoms with Crippen LogP contribution in [0.3, 0.4) is 0 Å². The highest BCUT2D eigenvalue weighted by Crippen LogP contribution is 2.32. The number of nitrogens with two attached hydrogens (primary N) is 1. The lowest BCUT2D eigenvalue weighted by Gasteiger charge is -2.33. The van der Waals surface area contributed by atoms with Crippen molar-refractivity contribution in [1.29, 1.82) is 0 Å². The first-order valence-electron chi connectivity index (χ1n) is 6.54. The molecule has 0 amide bonds. The van der Waals surface area contributed by atoms with Crippen molar-refractivity contribution in [3.8, 4) is 0 Å². The second-order valence-electron chi connectivity index (χ2n) is 7.08. The molecule has 4 nitrogen and oxygen atoms in total. The minimum Gasteiger partial charge on any atom is -0.464 e. The Morgan fingerprint density at radius 1 is 1.22 bits per heavy atom.